The quantitative estimate of drug-likeness (QED) is 0.759. The van der Waals surface area contributed by atoms with Gasteiger partial charge in [-0.05, 0) is 26.3 Å². The van der Waals surface area contributed by atoms with Gasteiger partial charge < -0.3 is 15.0 Å². The molecule has 0 aliphatic rings. The fraction of sp³-hybridized carbons (Fsp3) is 0.800. The molecule has 0 spiro atoms. The molecule has 0 aliphatic heterocycles. The van der Waals surface area contributed by atoms with E-state index in [2.05, 4.69) is 44.8 Å². The van der Waals surface area contributed by atoms with Crippen molar-refractivity contribution in [3.8, 4) is 0 Å². The highest BCUT2D eigenvalue weighted by Crippen LogP contribution is 2.31. The molecule has 1 aromatic rings. The monoisotopic (exact) mass is 299 g/mol. The van der Waals surface area contributed by atoms with E-state index in [-0.39, 0.29) is 0 Å². The third-order valence-corrected chi connectivity index (χ3v) is 4.43. The molecule has 116 valence electrons. The van der Waals surface area contributed by atoms with Gasteiger partial charge in [-0.1, -0.05) is 20.8 Å². The molecule has 1 unspecified atom stereocenters. The summed E-state index contributed by atoms with van der Waals surface area (Å²) in [6.45, 7) is 14.5. The number of nitrogens with one attached hydrogen (secondary N) is 1. The van der Waals surface area contributed by atoms with Crippen molar-refractivity contribution in [2.45, 2.75) is 53.1 Å². The molecule has 0 fully saturated rings. The molecule has 20 heavy (non-hydrogen) atoms. The van der Waals surface area contributed by atoms with Gasteiger partial charge in [-0.3, -0.25) is 0 Å². The average Bonchev–Trinajstić information content (AvgIpc) is 2.81. The Labute approximate surface area is 127 Å². The van der Waals surface area contributed by atoms with Crippen molar-refractivity contribution in [3.63, 3.8) is 0 Å². The van der Waals surface area contributed by atoms with Crippen LogP contribution in [0.3, 0.4) is 0 Å². The van der Waals surface area contributed by atoms with Crippen LogP contribution in [0.15, 0.2) is 0 Å². The molecule has 0 saturated heterocycles. The summed E-state index contributed by atoms with van der Waals surface area (Å²) < 4.78 is 5.28. The lowest BCUT2D eigenvalue weighted by atomic mass is 10.1. The number of aromatic nitrogens is 1. The Morgan fingerprint density at radius 1 is 1.30 bits per heavy atom. The van der Waals surface area contributed by atoms with Crippen LogP contribution in [0, 0.1) is 0 Å². The second-order valence-corrected chi connectivity index (χ2v) is 6.39. The van der Waals surface area contributed by atoms with E-state index in [1.165, 1.54) is 10.6 Å². The van der Waals surface area contributed by atoms with Crippen LogP contribution in [0.5, 0.6) is 0 Å². The molecule has 0 bridgehead atoms. The van der Waals surface area contributed by atoms with E-state index in [0.29, 0.717) is 12.0 Å². The van der Waals surface area contributed by atoms with Gasteiger partial charge >= 0.3 is 0 Å². The fourth-order valence-corrected chi connectivity index (χ4v) is 3.61. The van der Waals surface area contributed by atoms with Crippen molar-refractivity contribution in [2.24, 2.45) is 0 Å². The number of anilines is 1. The Balaban J connectivity index is 2.98. The lowest BCUT2D eigenvalue weighted by Gasteiger charge is -2.26. The molecule has 1 rings (SSSR count). The zero-order valence-electron chi connectivity index (χ0n) is 13.7. The summed E-state index contributed by atoms with van der Waals surface area (Å²) in [5.41, 5.74) is 1.23. The maximum atomic E-state index is 5.28. The van der Waals surface area contributed by atoms with E-state index in [1.807, 2.05) is 11.3 Å². The minimum Gasteiger partial charge on any atom is -0.383 e. The standard InChI is InChI=1S/C15H29N3OS/c1-7-16-9-13-14(11(3)4)17-15(20-13)18(8-2)12(5)10-19-6/h11-12,16H,7-10H2,1-6H3. The summed E-state index contributed by atoms with van der Waals surface area (Å²) in [7, 11) is 1.75. The summed E-state index contributed by atoms with van der Waals surface area (Å²) in [5.74, 6) is 0.463. The SMILES string of the molecule is CCNCc1sc(N(CC)C(C)COC)nc1C(C)C. The highest BCUT2D eigenvalue weighted by atomic mass is 32.1. The second-order valence-electron chi connectivity index (χ2n) is 5.33. The van der Waals surface area contributed by atoms with E-state index < -0.39 is 0 Å². The number of ether oxygens (including phenoxy) is 1. The van der Waals surface area contributed by atoms with Crippen LogP contribution in [-0.2, 0) is 11.3 Å². The first-order chi connectivity index (χ1) is 9.54. The Morgan fingerprint density at radius 2 is 2.00 bits per heavy atom. The number of thiazole rings is 1. The van der Waals surface area contributed by atoms with Crippen LogP contribution >= 0.6 is 11.3 Å². The van der Waals surface area contributed by atoms with E-state index in [4.69, 9.17) is 9.72 Å². The molecule has 1 atom stereocenters. The summed E-state index contributed by atoms with van der Waals surface area (Å²) >= 11 is 1.81. The first-order valence-corrected chi connectivity index (χ1v) is 8.32. The smallest absolute Gasteiger partial charge is 0.186 e. The van der Waals surface area contributed by atoms with Gasteiger partial charge in [-0.25, -0.2) is 4.98 Å². The van der Waals surface area contributed by atoms with Gasteiger partial charge in [0.25, 0.3) is 0 Å². The third kappa shape index (κ3) is 4.43. The van der Waals surface area contributed by atoms with Crippen LogP contribution in [0.1, 0.15) is 51.1 Å². The van der Waals surface area contributed by atoms with Crippen molar-refractivity contribution in [2.75, 3.05) is 31.7 Å². The van der Waals surface area contributed by atoms with Gasteiger partial charge in [-0.2, -0.15) is 0 Å². The molecule has 4 nitrogen and oxygen atoms in total. The van der Waals surface area contributed by atoms with Gasteiger partial charge in [0, 0.05) is 25.1 Å². The predicted molar refractivity (Wildman–Crippen MR) is 87.9 cm³/mol. The minimum atomic E-state index is 0.350. The zero-order valence-corrected chi connectivity index (χ0v) is 14.5. The van der Waals surface area contributed by atoms with Crippen LogP contribution in [0.25, 0.3) is 0 Å². The Hall–Kier alpha value is -0.650. The Kier molecular flexibility index (Phi) is 7.48. The summed E-state index contributed by atoms with van der Waals surface area (Å²) in [6, 6.07) is 0.350. The largest absolute Gasteiger partial charge is 0.383 e. The number of rotatable bonds is 9. The van der Waals surface area contributed by atoms with Gasteiger partial charge in [0.2, 0.25) is 0 Å². The number of hydrogen-bond acceptors (Lipinski definition) is 5. The highest BCUT2D eigenvalue weighted by molar-refractivity contribution is 7.15. The summed E-state index contributed by atoms with van der Waals surface area (Å²) in [5, 5.41) is 4.53. The molecule has 0 saturated carbocycles. The van der Waals surface area contributed by atoms with Crippen molar-refractivity contribution in [1.82, 2.24) is 10.3 Å². The van der Waals surface area contributed by atoms with E-state index >= 15 is 0 Å². The molecular weight excluding hydrogens is 270 g/mol. The summed E-state index contributed by atoms with van der Waals surface area (Å²) in [6.07, 6.45) is 0. The number of likely N-dealkylation sites (N-methyl/N-ethyl adjacent to an activating group) is 1. The summed E-state index contributed by atoms with van der Waals surface area (Å²) in [4.78, 5) is 8.58. The van der Waals surface area contributed by atoms with Gasteiger partial charge in [-0.15, -0.1) is 11.3 Å². The Bertz CT molecular complexity index is 392. The van der Waals surface area contributed by atoms with E-state index in [1.54, 1.807) is 7.11 Å². The first kappa shape index (κ1) is 17.4. The Morgan fingerprint density at radius 3 is 2.50 bits per heavy atom. The zero-order chi connectivity index (χ0) is 15.1. The van der Waals surface area contributed by atoms with Crippen molar-refractivity contribution in [1.29, 1.82) is 0 Å². The van der Waals surface area contributed by atoms with Crippen molar-refractivity contribution >= 4 is 16.5 Å². The van der Waals surface area contributed by atoms with Crippen LogP contribution in [-0.4, -0.2) is 37.8 Å². The average molecular weight is 299 g/mol. The van der Waals surface area contributed by atoms with Crippen LogP contribution < -0.4 is 10.2 Å². The molecule has 0 radical (unpaired) electrons. The van der Waals surface area contributed by atoms with Crippen LogP contribution in [0.2, 0.25) is 0 Å². The van der Waals surface area contributed by atoms with Gasteiger partial charge in [0.15, 0.2) is 5.13 Å². The molecular formula is C15H29N3OS. The maximum Gasteiger partial charge on any atom is 0.186 e. The highest BCUT2D eigenvalue weighted by Gasteiger charge is 2.20. The molecule has 5 heteroatoms. The fourth-order valence-electron chi connectivity index (χ4n) is 2.26. The maximum absolute atomic E-state index is 5.28. The lowest BCUT2D eigenvalue weighted by molar-refractivity contribution is 0.182. The van der Waals surface area contributed by atoms with Crippen molar-refractivity contribution in [3.05, 3.63) is 10.6 Å². The van der Waals surface area contributed by atoms with Gasteiger partial charge in [0.05, 0.1) is 18.3 Å². The number of methoxy groups -OCH3 is 1. The molecule has 1 N–H and O–H groups in total. The molecule has 1 aromatic heterocycles. The van der Waals surface area contributed by atoms with Gasteiger partial charge in [0.1, 0.15) is 0 Å². The second kappa shape index (κ2) is 8.60. The minimum absolute atomic E-state index is 0.350. The molecule has 1 heterocycles. The molecule has 0 aliphatic carbocycles. The number of hydrogen-bond donors (Lipinski definition) is 1. The lowest BCUT2D eigenvalue weighted by Crippen LogP contribution is -2.36. The first-order valence-electron chi connectivity index (χ1n) is 7.50. The van der Waals surface area contributed by atoms with E-state index in [9.17, 15) is 0 Å². The topological polar surface area (TPSA) is 37.4 Å². The van der Waals surface area contributed by atoms with E-state index in [0.717, 1.165) is 31.4 Å². The van der Waals surface area contributed by atoms with Crippen LogP contribution in [0.4, 0.5) is 5.13 Å². The third-order valence-electron chi connectivity index (χ3n) is 3.33. The predicted octanol–water partition coefficient (Wildman–Crippen LogP) is 3.24. The normalized spacial score (nSPS) is 12.9. The van der Waals surface area contributed by atoms with Crippen molar-refractivity contribution < 1.29 is 4.74 Å². The number of nitrogens with zero attached hydrogens (tertiary/aromatic N) is 2. The molecule has 0 aromatic carbocycles. The molecule has 0 amide bonds.